The Morgan fingerprint density at radius 1 is 0.766 bits per heavy atom. The summed E-state index contributed by atoms with van der Waals surface area (Å²) in [6.45, 7) is 13.4. The number of nitrogens with one attached hydrogen (secondary N) is 5. The van der Waals surface area contributed by atoms with Crippen LogP contribution in [-0.4, -0.2) is 99.6 Å². The molecule has 16 heteroatoms. The third-order valence-corrected chi connectivity index (χ3v) is 14.1. The molecule has 3 rings (SSSR count). The summed E-state index contributed by atoms with van der Waals surface area (Å²) in [5.41, 5.74) is 6.08. The molecule has 7 N–H and O–H groups in total. The predicted octanol–water partition coefficient (Wildman–Crippen LogP) is 5.26. The van der Waals surface area contributed by atoms with Gasteiger partial charge in [0.1, 0.15) is 17.8 Å². The quantitative estimate of drug-likeness (QED) is 0.0410. The number of thioether (sulfide) groups is 2. The largest absolute Gasteiger partial charge is 2.00 e. The number of benzene rings is 3. The molecule has 0 aliphatic heterocycles. The first-order valence-electron chi connectivity index (χ1n) is 21.9. The summed E-state index contributed by atoms with van der Waals surface area (Å²) in [6.07, 6.45) is 2.06. The standard InChI is InChI=1S/C48H68N6O7S2.W/c1-11-40(57)48(8,24-14-15-25-49)54-44(59)39(30-34-18-21-35-16-12-13-17-36(35)28-34)52-43(58)38(29-33-19-22-37(61-10)23-20-33)53-45(60)42(50-9)47(6,7)63-27-26-62-46(4,5)41(31(2)55)51-32(3)56;/h12-13,16-23,28,38-39,41-42,50H,2,9,11,14-15,24-27,29-30,49H2,1,3-8,10H3,(H,51,56)(H,52,58)(H,53,60)(H,54,59);/q-2;+2/t38-,39-,41+,42+,48-;/m0./s1/i2T;. The van der Waals surface area contributed by atoms with Crippen LogP contribution in [0.3, 0.4) is 0 Å². The van der Waals surface area contributed by atoms with E-state index >= 15 is 0 Å². The van der Waals surface area contributed by atoms with Gasteiger partial charge in [0.15, 0.2) is 5.78 Å². The second-order valence-corrected chi connectivity index (χ2v) is 20.5. The number of methoxy groups -OCH3 is 1. The van der Waals surface area contributed by atoms with Crippen molar-refractivity contribution in [3.05, 3.63) is 91.8 Å². The van der Waals surface area contributed by atoms with E-state index in [1.165, 1.54) is 30.4 Å². The molecule has 3 aromatic rings. The number of rotatable bonds is 28. The first-order valence-corrected chi connectivity index (χ1v) is 23.3. The van der Waals surface area contributed by atoms with Crippen LogP contribution in [0.15, 0.2) is 66.7 Å². The normalized spacial score (nSPS) is 14.6. The van der Waals surface area contributed by atoms with E-state index in [0.717, 1.165) is 21.9 Å². The van der Waals surface area contributed by atoms with Gasteiger partial charge in [-0.3, -0.25) is 31.0 Å². The van der Waals surface area contributed by atoms with Crippen LogP contribution in [0.25, 0.3) is 10.8 Å². The number of ketones is 2. The third-order valence-electron chi connectivity index (χ3n) is 11.1. The molecule has 3 aromatic carbocycles. The van der Waals surface area contributed by atoms with E-state index in [1.807, 2.05) is 70.2 Å². The molecule has 0 aromatic heterocycles. The van der Waals surface area contributed by atoms with Crippen molar-refractivity contribution < 1.29 is 55.9 Å². The van der Waals surface area contributed by atoms with Crippen LogP contribution < -0.4 is 37.1 Å². The topological polar surface area (TPSA) is 198 Å². The Balaban J connectivity index is 0.0000145. The Kier molecular flexibility index (Phi) is 22.4. The van der Waals surface area contributed by atoms with Gasteiger partial charge in [-0.1, -0.05) is 61.5 Å². The number of carbonyl (C=O) groups excluding carboxylic acids is 6. The van der Waals surface area contributed by atoms with Gasteiger partial charge in [0.2, 0.25) is 23.6 Å². The smallest absolute Gasteiger partial charge is 0.497 e. The molecule has 13 nitrogen and oxygen atoms in total. The average molecular weight is 1090 g/mol. The van der Waals surface area contributed by atoms with Gasteiger partial charge >= 0.3 is 21.1 Å². The first-order chi connectivity index (χ1) is 30.2. The van der Waals surface area contributed by atoms with Crippen molar-refractivity contribution >= 4 is 69.5 Å². The van der Waals surface area contributed by atoms with E-state index in [-0.39, 0.29) is 52.0 Å². The molecule has 0 unspecified atom stereocenters. The average Bonchev–Trinajstić information content (AvgIpc) is 3.26. The van der Waals surface area contributed by atoms with Crippen molar-refractivity contribution in [3.8, 4) is 5.75 Å². The van der Waals surface area contributed by atoms with Crippen molar-refractivity contribution in [2.24, 2.45) is 5.73 Å². The molecule has 0 saturated carbocycles. The number of Topliss-reactive ketones (excluding diaryl/α,β-unsaturated/α-hetero) is 2. The zero-order chi connectivity index (χ0) is 47.7. The fourth-order valence-electron chi connectivity index (χ4n) is 7.41. The number of amides is 4. The van der Waals surface area contributed by atoms with E-state index in [0.29, 0.717) is 50.0 Å². The molecule has 0 saturated heterocycles. The number of ether oxygens (including phenoxy) is 1. The van der Waals surface area contributed by atoms with Crippen LogP contribution in [0.1, 0.15) is 86.6 Å². The van der Waals surface area contributed by atoms with Crippen LogP contribution in [0.5, 0.6) is 5.75 Å². The number of unbranched alkanes of at least 4 members (excludes halogenated alkanes) is 1. The molecular formula is C48H68N6O7S2W. The fourth-order valence-corrected chi connectivity index (χ4v) is 9.83. The zero-order valence-electron chi connectivity index (χ0n) is 39.5. The first kappa shape index (κ1) is 54.5. The number of carbonyl (C=O) groups is 6. The van der Waals surface area contributed by atoms with E-state index in [1.54, 1.807) is 45.2 Å². The number of hydrogen-bond acceptors (Lipinski definition) is 11. The summed E-state index contributed by atoms with van der Waals surface area (Å²) in [7, 11) is 5.42. The van der Waals surface area contributed by atoms with Crippen LogP contribution in [-0.2, 0) is 62.7 Å². The molecule has 4 amide bonds. The zero-order valence-corrected chi connectivity index (χ0v) is 43.0. The summed E-state index contributed by atoms with van der Waals surface area (Å²) in [6, 6.07) is 16.7. The van der Waals surface area contributed by atoms with Crippen LogP contribution in [0.2, 0.25) is 0 Å². The Bertz CT molecular complexity index is 2060. The Morgan fingerprint density at radius 3 is 1.89 bits per heavy atom. The van der Waals surface area contributed by atoms with E-state index in [9.17, 15) is 28.8 Å². The van der Waals surface area contributed by atoms with Gasteiger partial charge in [0.05, 0.1) is 24.7 Å². The van der Waals surface area contributed by atoms with Crippen LogP contribution in [0.4, 0.5) is 0 Å². The minimum absolute atomic E-state index is 0. The summed E-state index contributed by atoms with van der Waals surface area (Å²) in [5, 5.41) is 16.5. The molecule has 64 heavy (non-hydrogen) atoms. The van der Waals surface area contributed by atoms with Crippen molar-refractivity contribution in [1.82, 2.24) is 26.6 Å². The summed E-state index contributed by atoms with van der Waals surface area (Å²) < 4.78 is 11.3. The van der Waals surface area contributed by atoms with Crippen molar-refractivity contribution in [3.63, 3.8) is 0 Å². The molecule has 5 atom stereocenters. The summed E-state index contributed by atoms with van der Waals surface area (Å²) >= 11 is 2.96. The van der Waals surface area contributed by atoms with Gasteiger partial charge in [0.25, 0.3) is 0 Å². The van der Waals surface area contributed by atoms with Crippen LogP contribution >= 0.6 is 23.5 Å². The molecule has 0 heterocycles. The van der Waals surface area contributed by atoms with E-state index < -0.39 is 62.7 Å². The summed E-state index contributed by atoms with van der Waals surface area (Å²) in [4.78, 5) is 81.1. The minimum atomic E-state index is -1.19. The van der Waals surface area contributed by atoms with Crippen molar-refractivity contribution in [2.75, 3.05) is 25.2 Å². The van der Waals surface area contributed by atoms with Crippen LogP contribution in [0, 0.1) is 13.9 Å². The van der Waals surface area contributed by atoms with Crippen molar-refractivity contribution in [1.29, 1.82) is 0 Å². The van der Waals surface area contributed by atoms with E-state index in [2.05, 4.69) is 33.6 Å². The Hall–Kier alpha value is -3.88. The second kappa shape index (κ2) is 26.3. The van der Waals surface area contributed by atoms with Gasteiger partial charge in [-0.05, 0) is 94.5 Å². The molecular weight excluding hydrogens is 1020 g/mol. The molecule has 0 radical (unpaired) electrons. The van der Waals surface area contributed by atoms with Gasteiger partial charge in [-0.15, -0.1) is 0 Å². The van der Waals surface area contributed by atoms with Crippen molar-refractivity contribution in [2.45, 2.75) is 126 Å². The second-order valence-electron chi connectivity index (χ2n) is 17.0. The maximum absolute atomic E-state index is 14.6. The van der Waals surface area contributed by atoms with Gasteiger partial charge in [0, 0.05) is 53.0 Å². The number of nitrogens with two attached hydrogens (primary N) is 1. The monoisotopic (exact) mass is 1090 g/mol. The Morgan fingerprint density at radius 2 is 1.33 bits per heavy atom. The molecule has 350 valence electrons. The molecule has 0 aliphatic carbocycles. The van der Waals surface area contributed by atoms with Gasteiger partial charge in [-0.25, -0.2) is 0 Å². The third kappa shape index (κ3) is 16.8. The molecule has 0 spiro atoms. The molecule has 0 bridgehead atoms. The van der Waals surface area contributed by atoms with Gasteiger partial charge in [-0.2, -0.15) is 24.9 Å². The predicted molar refractivity (Wildman–Crippen MR) is 256 cm³/mol. The maximum Gasteiger partial charge on any atom is 2.00 e. The van der Waals surface area contributed by atoms with Gasteiger partial charge < -0.3 is 48.7 Å². The maximum atomic E-state index is 14.6. The fraction of sp³-hybridized carbons (Fsp3) is 0.500. The minimum Gasteiger partial charge on any atom is -0.497 e. The number of hydrogen-bond donors (Lipinski definition) is 6. The summed E-state index contributed by atoms with van der Waals surface area (Å²) in [5.74, 6) is -0.929. The van der Waals surface area contributed by atoms with E-state index in [4.69, 9.17) is 11.8 Å². The molecule has 0 aliphatic rings. The molecule has 0 fully saturated rings. The number of fused-ring (bicyclic) bond motifs is 1. The Labute approximate surface area is 404 Å². The SMILES string of the molecule is [3H][CH-]C(=O)[C@@H](NC(C)=O)C(C)(C)SCCSC(C)(C)[C@H](N[CH2-])C(=O)N[C@@H](Cc1ccc(OC)cc1)C(=O)N[C@@H](Cc1ccc2ccccc2c1)C(=O)N[C@@](C)(CCCCN)C(=O)CC.[W+2].